The SMILES string of the molecule is CCCC(C)(N)C(=O)NCC1CCN(C2CC2)C1. The minimum absolute atomic E-state index is 0.00854. The third-order valence-electron chi connectivity index (χ3n) is 4.22. The summed E-state index contributed by atoms with van der Waals surface area (Å²) in [6, 6.07) is 0.852. The Hall–Kier alpha value is -0.610. The molecule has 1 saturated carbocycles. The molecule has 2 fully saturated rings. The third-order valence-corrected chi connectivity index (χ3v) is 4.22. The van der Waals surface area contributed by atoms with Gasteiger partial charge in [-0.3, -0.25) is 4.79 Å². The molecule has 2 rings (SSSR count). The van der Waals surface area contributed by atoms with Crippen molar-refractivity contribution in [1.82, 2.24) is 10.2 Å². The highest BCUT2D eigenvalue weighted by molar-refractivity contribution is 5.85. The molecule has 104 valence electrons. The molecule has 1 aliphatic heterocycles. The third kappa shape index (κ3) is 3.45. The maximum atomic E-state index is 12.0. The van der Waals surface area contributed by atoms with Crippen LogP contribution in [0.5, 0.6) is 0 Å². The van der Waals surface area contributed by atoms with Gasteiger partial charge in [0.25, 0.3) is 0 Å². The molecule has 2 unspecified atom stereocenters. The summed E-state index contributed by atoms with van der Waals surface area (Å²) < 4.78 is 0. The first kappa shape index (κ1) is 13.8. The number of rotatable bonds is 6. The Bertz CT molecular complexity index is 299. The van der Waals surface area contributed by atoms with Crippen molar-refractivity contribution < 1.29 is 4.79 Å². The van der Waals surface area contributed by atoms with Crippen LogP contribution in [0.15, 0.2) is 0 Å². The number of amides is 1. The van der Waals surface area contributed by atoms with E-state index in [1.165, 1.54) is 25.8 Å². The zero-order chi connectivity index (χ0) is 13.2. The molecule has 4 nitrogen and oxygen atoms in total. The highest BCUT2D eigenvalue weighted by Crippen LogP contribution is 2.31. The monoisotopic (exact) mass is 253 g/mol. The van der Waals surface area contributed by atoms with Crippen LogP contribution in [0.4, 0.5) is 0 Å². The Kier molecular flexibility index (Phi) is 4.28. The van der Waals surface area contributed by atoms with Gasteiger partial charge in [0, 0.05) is 19.1 Å². The molecule has 0 aromatic carbocycles. The summed E-state index contributed by atoms with van der Waals surface area (Å²) in [7, 11) is 0. The quantitative estimate of drug-likeness (QED) is 0.745. The lowest BCUT2D eigenvalue weighted by atomic mass is 9.96. The summed E-state index contributed by atoms with van der Waals surface area (Å²) in [6.07, 6.45) is 5.65. The van der Waals surface area contributed by atoms with Crippen LogP contribution < -0.4 is 11.1 Å². The van der Waals surface area contributed by atoms with Gasteiger partial charge in [-0.15, -0.1) is 0 Å². The van der Waals surface area contributed by atoms with Crippen LogP contribution in [0.1, 0.15) is 46.0 Å². The zero-order valence-corrected chi connectivity index (χ0v) is 11.7. The van der Waals surface area contributed by atoms with E-state index in [2.05, 4.69) is 17.1 Å². The molecule has 1 heterocycles. The molecule has 18 heavy (non-hydrogen) atoms. The number of carbonyl (C=O) groups excluding carboxylic acids is 1. The maximum absolute atomic E-state index is 12.0. The molecule has 1 amide bonds. The Morgan fingerprint density at radius 2 is 2.17 bits per heavy atom. The van der Waals surface area contributed by atoms with E-state index in [0.717, 1.165) is 32.0 Å². The fraction of sp³-hybridized carbons (Fsp3) is 0.929. The number of likely N-dealkylation sites (tertiary alicyclic amines) is 1. The summed E-state index contributed by atoms with van der Waals surface area (Å²) in [4.78, 5) is 14.6. The smallest absolute Gasteiger partial charge is 0.239 e. The van der Waals surface area contributed by atoms with Gasteiger partial charge in [0.05, 0.1) is 5.54 Å². The molecule has 0 aromatic heterocycles. The molecular weight excluding hydrogens is 226 g/mol. The second-order valence-electron chi connectivity index (χ2n) is 6.26. The maximum Gasteiger partial charge on any atom is 0.239 e. The van der Waals surface area contributed by atoms with Crippen molar-refractivity contribution in [2.24, 2.45) is 11.7 Å². The number of carbonyl (C=O) groups is 1. The standard InChI is InChI=1S/C14H27N3O/c1-3-7-14(2,15)13(18)16-9-11-6-8-17(10-11)12-4-5-12/h11-12H,3-10,15H2,1-2H3,(H,16,18). The lowest BCUT2D eigenvalue weighted by Crippen LogP contribution is -2.52. The highest BCUT2D eigenvalue weighted by Gasteiger charge is 2.35. The second-order valence-corrected chi connectivity index (χ2v) is 6.26. The summed E-state index contributed by atoms with van der Waals surface area (Å²) in [6.45, 7) is 7.04. The highest BCUT2D eigenvalue weighted by atomic mass is 16.2. The first-order valence-electron chi connectivity index (χ1n) is 7.34. The van der Waals surface area contributed by atoms with E-state index in [1.54, 1.807) is 0 Å². The normalized spacial score (nSPS) is 28.1. The average Bonchev–Trinajstić information content (AvgIpc) is 3.06. The van der Waals surface area contributed by atoms with E-state index in [9.17, 15) is 4.79 Å². The van der Waals surface area contributed by atoms with E-state index in [1.807, 2.05) is 6.92 Å². The van der Waals surface area contributed by atoms with Gasteiger partial charge in [-0.25, -0.2) is 0 Å². The van der Waals surface area contributed by atoms with Gasteiger partial charge in [-0.1, -0.05) is 13.3 Å². The number of hydrogen-bond acceptors (Lipinski definition) is 3. The number of nitrogens with one attached hydrogen (secondary N) is 1. The molecule has 0 radical (unpaired) electrons. The van der Waals surface area contributed by atoms with Crippen LogP contribution in [0, 0.1) is 5.92 Å². The van der Waals surface area contributed by atoms with Crippen LogP contribution in [0.3, 0.4) is 0 Å². The van der Waals surface area contributed by atoms with Crippen molar-refractivity contribution in [3.8, 4) is 0 Å². The molecule has 0 aromatic rings. The predicted molar refractivity (Wildman–Crippen MR) is 73.2 cm³/mol. The summed E-state index contributed by atoms with van der Waals surface area (Å²) in [5.74, 6) is 0.626. The molecule has 1 aliphatic carbocycles. The Morgan fingerprint density at radius 1 is 1.44 bits per heavy atom. The van der Waals surface area contributed by atoms with Gasteiger partial charge >= 0.3 is 0 Å². The number of nitrogens with zero attached hydrogens (tertiary/aromatic N) is 1. The first-order valence-corrected chi connectivity index (χ1v) is 7.34. The van der Waals surface area contributed by atoms with Crippen molar-refractivity contribution >= 4 is 5.91 Å². The van der Waals surface area contributed by atoms with Crippen molar-refractivity contribution in [1.29, 1.82) is 0 Å². The van der Waals surface area contributed by atoms with Crippen molar-refractivity contribution in [2.75, 3.05) is 19.6 Å². The topological polar surface area (TPSA) is 58.4 Å². The molecule has 0 spiro atoms. The summed E-state index contributed by atoms with van der Waals surface area (Å²) >= 11 is 0. The molecule has 1 saturated heterocycles. The van der Waals surface area contributed by atoms with Crippen LogP contribution in [0.25, 0.3) is 0 Å². The molecule has 2 aliphatic rings. The van der Waals surface area contributed by atoms with Crippen molar-refractivity contribution in [2.45, 2.75) is 57.5 Å². The van der Waals surface area contributed by atoms with Crippen molar-refractivity contribution in [3.05, 3.63) is 0 Å². The lowest BCUT2D eigenvalue weighted by molar-refractivity contribution is -0.126. The van der Waals surface area contributed by atoms with Gasteiger partial charge in [0.2, 0.25) is 5.91 Å². The fourth-order valence-electron chi connectivity index (χ4n) is 2.87. The first-order chi connectivity index (χ1) is 8.53. The zero-order valence-electron chi connectivity index (χ0n) is 11.7. The molecular formula is C14H27N3O. The largest absolute Gasteiger partial charge is 0.354 e. The van der Waals surface area contributed by atoms with E-state index in [4.69, 9.17) is 5.73 Å². The van der Waals surface area contributed by atoms with E-state index in [0.29, 0.717) is 5.92 Å². The summed E-state index contributed by atoms with van der Waals surface area (Å²) in [5.41, 5.74) is 5.31. The minimum atomic E-state index is -0.705. The van der Waals surface area contributed by atoms with Crippen molar-refractivity contribution in [3.63, 3.8) is 0 Å². The van der Waals surface area contributed by atoms with Crippen LogP contribution in [-0.2, 0) is 4.79 Å². The molecule has 3 N–H and O–H groups in total. The average molecular weight is 253 g/mol. The fourth-order valence-corrected chi connectivity index (χ4v) is 2.87. The van der Waals surface area contributed by atoms with Gasteiger partial charge < -0.3 is 16.0 Å². The van der Waals surface area contributed by atoms with Crippen LogP contribution in [-0.4, -0.2) is 42.0 Å². The van der Waals surface area contributed by atoms with Gasteiger partial charge in [-0.05, 0) is 45.1 Å². The second kappa shape index (κ2) is 5.57. The molecule has 2 atom stereocenters. The number of hydrogen-bond donors (Lipinski definition) is 2. The Labute approximate surface area is 110 Å². The Balaban J connectivity index is 1.69. The minimum Gasteiger partial charge on any atom is -0.354 e. The summed E-state index contributed by atoms with van der Waals surface area (Å²) in [5, 5.41) is 3.04. The number of nitrogens with two attached hydrogens (primary N) is 1. The predicted octanol–water partition coefficient (Wildman–Crippen LogP) is 1.10. The van der Waals surface area contributed by atoms with Crippen LogP contribution in [0.2, 0.25) is 0 Å². The van der Waals surface area contributed by atoms with Gasteiger partial charge in [-0.2, -0.15) is 0 Å². The van der Waals surface area contributed by atoms with Gasteiger partial charge in [0.15, 0.2) is 0 Å². The van der Waals surface area contributed by atoms with Gasteiger partial charge in [0.1, 0.15) is 0 Å². The van der Waals surface area contributed by atoms with E-state index < -0.39 is 5.54 Å². The van der Waals surface area contributed by atoms with E-state index in [-0.39, 0.29) is 5.91 Å². The lowest BCUT2D eigenvalue weighted by Gasteiger charge is -2.24. The molecule has 0 bridgehead atoms. The van der Waals surface area contributed by atoms with Crippen LogP contribution >= 0.6 is 0 Å². The van der Waals surface area contributed by atoms with E-state index >= 15 is 0 Å². The molecule has 4 heteroatoms. The Morgan fingerprint density at radius 3 is 2.78 bits per heavy atom.